The lowest BCUT2D eigenvalue weighted by Gasteiger charge is -2.31. The van der Waals surface area contributed by atoms with E-state index >= 15 is 0 Å². The van der Waals surface area contributed by atoms with Crippen molar-refractivity contribution in [1.82, 2.24) is 0 Å². The van der Waals surface area contributed by atoms with E-state index in [1.807, 2.05) is 6.92 Å². The van der Waals surface area contributed by atoms with Crippen molar-refractivity contribution in [3.63, 3.8) is 0 Å². The van der Waals surface area contributed by atoms with Gasteiger partial charge in [0.25, 0.3) is 0 Å². The first-order valence-electron chi connectivity index (χ1n) is 6.65. The highest BCUT2D eigenvalue weighted by molar-refractivity contribution is 6.32. The van der Waals surface area contributed by atoms with E-state index < -0.39 is 5.54 Å². The molecule has 0 saturated carbocycles. The summed E-state index contributed by atoms with van der Waals surface area (Å²) >= 11 is 6.08. The number of rotatable bonds is 4. The molecule has 0 aromatic heterocycles. The van der Waals surface area contributed by atoms with Gasteiger partial charge in [0.15, 0.2) is 0 Å². The molecule has 0 unspecified atom stereocenters. The molecule has 1 aliphatic heterocycles. The standard InChI is InChI=1S/C14H19ClN2O3.ClH/c1-2-20-12-4-3-10(9-11(12)15)17-13(18)14(16)5-7-19-8-6-14;/h3-4,9H,2,5-8,16H2,1H3,(H,17,18);1H. The fourth-order valence-electron chi connectivity index (χ4n) is 2.07. The van der Waals surface area contributed by atoms with Gasteiger partial charge in [0.05, 0.1) is 11.6 Å². The molecular formula is C14H20Cl2N2O3. The predicted molar refractivity (Wildman–Crippen MR) is 85.5 cm³/mol. The second-order valence-electron chi connectivity index (χ2n) is 4.80. The van der Waals surface area contributed by atoms with Crippen LogP contribution in [-0.4, -0.2) is 31.3 Å². The van der Waals surface area contributed by atoms with Crippen LogP contribution in [0.2, 0.25) is 5.02 Å². The summed E-state index contributed by atoms with van der Waals surface area (Å²) in [6, 6.07) is 5.14. The zero-order valence-corrected chi connectivity index (χ0v) is 13.4. The predicted octanol–water partition coefficient (Wildman–Crippen LogP) is 2.61. The van der Waals surface area contributed by atoms with Gasteiger partial charge in [-0.05, 0) is 38.0 Å². The summed E-state index contributed by atoms with van der Waals surface area (Å²) in [4.78, 5) is 12.2. The molecule has 1 aromatic carbocycles. The number of carbonyl (C=O) groups excluding carboxylic acids is 1. The van der Waals surface area contributed by atoms with Gasteiger partial charge in [-0.2, -0.15) is 0 Å². The molecule has 5 nitrogen and oxygen atoms in total. The molecule has 118 valence electrons. The second kappa shape index (κ2) is 7.84. The van der Waals surface area contributed by atoms with Crippen molar-refractivity contribution in [1.29, 1.82) is 0 Å². The Morgan fingerprint density at radius 1 is 1.48 bits per heavy atom. The Bertz CT molecular complexity index is 491. The molecule has 1 aromatic rings. The maximum Gasteiger partial charge on any atom is 0.244 e. The number of nitrogens with two attached hydrogens (primary N) is 1. The Kier molecular flexibility index (Phi) is 6.74. The fraction of sp³-hybridized carbons (Fsp3) is 0.500. The number of amides is 1. The SMILES string of the molecule is CCOc1ccc(NC(=O)C2(N)CCOCC2)cc1Cl.Cl. The van der Waals surface area contributed by atoms with Crippen molar-refractivity contribution >= 4 is 35.6 Å². The minimum atomic E-state index is -0.872. The molecule has 2 rings (SSSR count). The lowest BCUT2D eigenvalue weighted by Crippen LogP contribution is -2.54. The molecule has 0 radical (unpaired) electrons. The summed E-state index contributed by atoms with van der Waals surface area (Å²) in [5.74, 6) is 0.390. The minimum absolute atomic E-state index is 0. The summed E-state index contributed by atoms with van der Waals surface area (Å²) in [5, 5.41) is 3.26. The first kappa shape index (κ1) is 18.0. The topological polar surface area (TPSA) is 73.6 Å². The number of carbonyl (C=O) groups is 1. The van der Waals surface area contributed by atoms with E-state index in [0.717, 1.165) is 0 Å². The monoisotopic (exact) mass is 334 g/mol. The first-order chi connectivity index (χ1) is 9.55. The van der Waals surface area contributed by atoms with Crippen LogP contribution < -0.4 is 15.8 Å². The zero-order valence-electron chi connectivity index (χ0n) is 11.9. The van der Waals surface area contributed by atoms with Crippen LogP contribution in [0.1, 0.15) is 19.8 Å². The van der Waals surface area contributed by atoms with Crippen LogP contribution in [0, 0.1) is 0 Å². The van der Waals surface area contributed by atoms with Gasteiger partial charge in [0, 0.05) is 18.9 Å². The van der Waals surface area contributed by atoms with E-state index in [2.05, 4.69) is 5.32 Å². The van der Waals surface area contributed by atoms with Gasteiger partial charge in [-0.3, -0.25) is 4.79 Å². The van der Waals surface area contributed by atoms with Crippen molar-refractivity contribution in [3.05, 3.63) is 23.2 Å². The third-order valence-electron chi connectivity index (χ3n) is 3.33. The van der Waals surface area contributed by atoms with Crippen LogP contribution in [-0.2, 0) is 9.53 Å². The van der Waals surface area contributed by atoms with Crippen molar-refractivity contribution in [2.75, 3.05) is 25.1 Å². The van der Waals surface area contributed by atoms with Crippen LogP contribution in [0.4, 0.5) is 5.69 Å². The molecule has 21 heavy (non-hydrogen) atoms. The van der Waals surface area contributed by atoms with Crippen molar-refractivity contribution < 1.29 is 14.3 Å². The van der Waals surface area contributed by atoms with E-state index in [4.69, 9.17) is 26.8 Å². The smallest absolute Gasteiger partial charge is 0.244 e. The van der Waals surface area contributed by atoms with E-state index in [-0.39, 0.29) is 18.3 Å². The highest BCUT2D eigenvalue weighted by atomic mass is 35.5. The lowest BCUT2D eigenvalue weighted by molar-refractivity contribution is -0.124. The Hall–Kier alpha value is -1.01. The number of nitrogens with one attached hydrogen (secondary N) is 1. The van der Waals surface area contributed by atoms with Gasteiger partial charge in [0.1, 0.15) is 11.3 Å². The van der Waals surface area contributed by atoms with Gasteiger partial charge in [-0.15, -0.1) is 12.4 Å². The lowest BCUT2D eigenvalue weighted by atomic mass is 9.90. The van der Waals surface area contributed by atoms with E-state index in [0.29, 0.717) is 49.1 Å². The van der Waals surface area contributed by atoms with E-state index in [1.165, 1.54) is 0 Å². The maximum absolute atomic E-state index is 12.2. The van der Waals surface area contributed by atoms with Crippen LogP contribution in [0.25, 0.3) is 0 Å². The highest BCUT2D eigenvalue weighted by Gasteiger charge is 2.35. The van der Waals surface area contributed by atoms with Crippen LogP contribution in [0.5, 0.6) is 5.75 Å². The summed E-state index contributed by atoms with van der Waals surface area (Å²) < 4.78 is 10.6. The quantitative estimate of drug-likeness (QED) is 0.887. The zero-order chi connectivity index (χ0) is 14.6. The second-order valence-corrected chi connectivity index (χ2v) is 5.21. The number of anilines is 1. The van der Waals surface area contributed by atoms with Crippen LogP contribution in [0.15, 0.2) is 18.2 Å². The molecule has 1 heterocycles. The summed E-state index contributed by atoms with van der Waals surface area (Å²) in [6.45, 7) is 3.44. The van der Waals surface area contributed by atoms with Crippen LogP contribution >= 0.6 is 24.0 Å². The largest absolute Gasteiger partial charge is 0.492 e. The Balaban J connectivity index is 0.00000220. The molecule has 7 heteroatoms. The van der Waals surface area contributed by atoms with Gasteiger partial charge >= 0.3 is 0 Å². The molecule has 0 atom stereocenters. The molecule has 3 N–H and O–H groups in total. The van der Waals surface area contributed by atoms with E-state index in [1.54, 1.807) is 18.2 Å². The number of hydrogen-bond donors (Lipinski definition) is 2. The maximum atomic E-state index is 12.2. The normalized spacial score (nSPS) is 16.7. The summed E-state index contributed by atoms with van der Waals surface area (Å²) in [7, 11) is 0. The van der Waals surface area contributed by atoms with Crippen LogP contribution in [0.3, 0.4) is 0 Å². The Morgan fingerprint density at radius 3 is 2.71 bits per heavy atom. The average molecular weight is 335 g/mol. The van der Waals surface area contributed by atoms with Gasteiger partial charge in [-0.1, -0.05) is 11.6 Å². The fourth-order valence-corrected chi connectivity index (χ4v) is 2.30. The summed E-state index contributed by atoms with van der Waals surface area (Å²) in [6.07, 6.45) is 1.03. The third kappa shape index (κ3) is 4.48. The molecule has 0 bridgehead atoms. The molecule has 0 aliphatic carbocycles. The van der Waals surface area contributed by atoms with Crippen molar-refractivity contribution in [2.45, 2.75) is 25.3 Å². The number of hydrogen-bond acceptors (Lipinski definition) is 4. The molecule has 1 fully saturated rings. The third-order valence-corrected chi connectivity index (χ3v) is 3.62. The van der Waals surface area contributed by atoms with Crippen molar-refractivity contribution in [3.8, 4) is 5.75 Å². The minimum Gasteiger partial charge on any atom is -0.492 e. The summed E-state index contributed by atoms with van der Waals surface area (Å²) in [5.41, 5.74) is 5.86. The van der Waals surface area contributed by atoms with Gasteiger partial charge in [0.2, 0.25) is 5.91 Å². The molecule has 1 aliphatic rings. The number of ether oxygens (including phenoxy) is 2. The molecular weight excluding hydrogens is 315 g/mol. The molecule has 0 spiro atoms. The molecule has 1 saturated heterocycles. The Morgan fingerprint density at radius 2 is 2.14 bits per heavy atom. The Labute approximate surface area is 135 Å². The molecule has 1 amide bonds. The number of benzene rings is 1. The highest BCUT2D eigenvalue weighted by Crippen LogP contribution is 2.28. The van der Waals surface area contributed by atoms with E-state index in [9.17, 15) is 4.79 Å². The first-order valence-corrected chi connectivity index (χ1v) is 7.03. The van der Waals surface area contributed by atoms with Gasteiger partial charge in [-0.25, -0.2) is 0 Å². The van der Waals surface area contributed by atoms with Gasteiger partial charge < -0.3 is 20.5 Å². The average Bonchev–Trinajstić information content (AvgIpc) is 2.43. The number of halogens is 2. The van der Waals surface area contributed by atoms with Crippen molar-refractivity contribution in [2.24, 2.45) is 5.73 Å².